The fraction of sp³-hybridized carbons (Fsp3) is 0.0577. The zero-order chi connectivity index (χ0) is 37.0. The van der Waals surface area contributed by atoms with E-state index in [1.807, 2.05) is 11.3 Å². The van der Waals surface area contributed by atoms with Gasteiger partial charge in [0.2, 0.25) is 0 Å². The quantitative estimate of drug-likeness (QED) is 0.192. The maximum Gasteiger partial charge on any atom is 0.153 e. The Balaban J connectivity index is 1.09. The van der Waals surface area contributed by atoms with Crippen LogP contribution in [0.15, 0.2) is 175 Å². The number of anilines is 1. The summed E-state index contributed by atoms with van der Waals surface area (Å²) in [6.07, 6.45) is 9.73. The predicted molar refractivity (Wildman–Crippen MR) is 240 cm³/mol. The zero-order valence-electron chi connectivity index (χ0n) is 30.8. The van der Waals surface area contributed by atoms with Crippen LogP contribution in [0.1, 0.15) is 34.7 Å². The van der Waals surface area contributed by atoms with Gasteiger partial charge in [0.1, 0.15) is 0 Å². The van der Waals surface area contributed by atoms with E-state index >= 15 is 0 Å². The van der Waals surface area contributed by atoms with Gasteiger partial charge in [-0.05, 0) is 70.5 Å². The van der Waals surface area contributed by atoms with Crippen molar-refractivity contribution in [2.24, 2.45) is 4.99 Å². The van der Waals surface area contributed by atoms with Crippen LogP contribution in [0.25, 0.3) is 75.3 Å². The Morgan fingerprint density at radius 3 is 2.09 bits per heavy atom. The molecule has 3 heterocycles. The van der Waals surface area contributed by atoms with Crippen molar-refractivity contribution in [1.82, 2.24) is 4.57 Å². The third-order valence-corrected chi connectivity index (χ3v) is 13.2. The molecule has 2 aromatic heterocycles. The van der Waals surface area contributed by atoms with E-state index in [-0.39, 0.29) is 0 Å². The summed E-state index contributed by atoms with van der Waals surface area (Å²) in [7, 11) is 0. The van der Waals surface area contributed by atoms with Gasteiger partial charge in [-0.25, -0.2) is 0 Å². The van der Waals surface area contributed by atoms with Crippen LogP contribution in [0, 0.1) is 0 Å². The van der Waals surface area contributed by atoms with E-state index in [9.17, 15) is 0 Å². The summed E-state index contributed by atoms with van der Waals surface area (Å²) in [5, 5.41) is 14.4. The molecule has 2 aliphatic rings. The normalized spacial score (nSPS) is 16.4. The average Bonchev–Trinajstić information content (AvgIpc) is 3.71. The first-order chi connectivity index (χ1) is 27.7. The van der Waals surface area contributed by atoms with E-state index in [0.717, 1.165) is 34.6 Å². The third kappa shape index (κ3) is 4.42. The molecule has 1 atom stereocenters. The van der Waals surface area contributed by atoms with Gasteiger partial charge in [-0.1, -0.05) is 152 Å². The lowest BCUT2D eigenvalue weighted by Gasteiger charge is -2.37. The molecule has 0 fully saturated rings. The van der Waals surface area contributed by atoms with Gasteiger partial charge >= 0.3 is 0 Å². The molecule has 1 aliphatic heterocycles. The zero-order valence-corrected chi connectivity index (χ0v) is 31.6. The minimum Gasteiger partial charge on any atom is -0.357 e. The molecule has 0 saturated heterocycles. The van der Waals surface area contributed by atoms with E-state index in [1.165, 1.54) is 80.2 Å². The van der Waals surface area contributed by atoms with Crippen molar-refractivity contribution in [3.8, 4) is 5.69 Å². The Morgan fingerprint density at radius 1 is 0.625 bits per heavy atom. The van der Waals surface area contributed by atoms with Crippen molar-refractivity contribution >= 4 is 92.3 Å². The lowest BCUT2D eigenvalue weighted by molar-refractivity contribution is 0.573. The van der Waals surface area contributed by atoms with Crippen molar-refractivity contribution < 1.29 is 0 Å². The molecule has 10 aromatic rings. The van der Waals surface area contributed by atoms with E-state index in [1.54, 1.807) is 0 Å². The molecular weight excluding hydrogens is 699 g/mol. The molecule has 1 unspecified atom stereocenters. The number of hydrogen-bond acceptors (Lipinski definition) is 3. The first-order valence-corrected chi connectivity index (χ1v) is 20.2. The second-order valence-electron chi connectivity index (χ2n) is 15.2. The lowest BCUT2D eigenvalue weighted by Crippen LogP contribution is -2.36. The monoisotopic (exact) mass is 733 g/mol. The maximum absolute atomic E-state index is 5.68. The summed E-state index contributed by atoms with van der Waals surface area (Å²) >= 11 is 1.90. The molecule has 4 heteroatoms. The first-order valence-electron chi connectivity index (χ1n) is 19.4. The van der Waals surface area contributed by atoms with E-state index < -0.39 is 5.66 Å². The van der Waals surface area contributed by atoms with Crippen LogP contribution in [0.2, 0.25) is 0 Å². The number of nitrogens with one attached hydrogen (secondary N) is 1. The second-order valence-corrected chi connectivity index (χ2v) is 16.2. The summed E-state index contributed by atoms with van der Waals surface area (Å²) in [6.45, 7) is 2.22. The number of hydrogen-bond donors (Lipinski definition) is 1. The number of benzene rings is 8. The first kappa shape index (κ1) is 31.6. The van der Waals surface area contributed by atoms with E-state index in [0.29, 0.717) is 0 Å². The highest BCUT2D eigenvalue weighted by atomic mass is 32.1. The Kier molecular flexibility index (Phi) is 6.70. The highest BCUT2D eigenvalue weighted by Crippen LogP contribution is 2.49. The number of fused-ring (bicyclic) bond motifs is 16. The fourth-order valence-corrected chi connectivity index (χ4v) is 10.8. The standard InChI is InChI=1S/C52H35N3S/c1-52(53-48(32-16-4-2-5-17-32)47-37-20-7-3-6-18-35(37)36-19-8-11-23-40(36)49(47)54-52)33-28-30-34(31-29-33)55-43-26-14-12-24-41(43)45-38-21-9-10-22-39(38)46-42-25-13-15-27-44(42)56-51(46)50(45)55/h2-17,19-31,54H,18H2,1H3. The van der Waals surface area contributed by atoms with Gasteiger partial charge in [0.15, 0.2) is 5.66 Å². The SMILES string of the molecule is CC1(c2ccc(-n3c4ccccc4c4c5ccccc5c5c6ccccc6sc5c43)cc2)N=C(c2ccccc2)c2c3c(c4ccccc4c2N1)CC=CC=C3. The highest BCUT2D eigenvalue weighted by Gasteiger charge is 2.36. The number of rotatable bonds is 3. The summed E-state index contributed by atoms with van der Waals surface area (Å²) in [5.41, 5.74) is 11.0. The third-order valence-electron chi connectivity index (χ3n) is 12.0. The molecule has 8 aromatic carbocycles. The number of para-hydroxylation sites is 1. The van der Waals surface area contributed by atoms with Gasteiger partial charge in [-0.2, -0.15) is 0 Å². The number of thiophene rings is 1. The largest absolute Gasteiger partial charge is 0.357 e. The Hall–Kier alpha value is -6.75. The van der Waals surface area contributed by atoms with Gasteiger partial charge in [0.25, 0.3) is 0 Å². The number of aromatic nitrogens is 1. The molecule has 0 amide bonds. The van der Waals surface area contributed by atoms with Crippen LogP contribution < -0.4 is 5.32 Å². The smallest absolute Gasteiger partial charge is 0.153 e. The maximum atomic E-state index is 5.68. The molecule has 0 spiro atoms. The van der Waals surface area contributed by atoms with Gasteiger partial charge in [-0.15, -0.1) is 11.3 Å². The van der Waals surface area contributed by atoms with Crippen LogP contribution in [0.3, 0.4) is 0 Å². The molecule has 0 saturated carbocycles. The van der Waals surface area contributed by atoms with E-state index in [4.69, 9.17) is 4.99 Å². The molecule has 12 rings (SSSR count). The lowest BCUT2D eigenvalue weighted by atomic mass is 9.84. The van der Waals surface area contributed by atoms with Gasteiger partial charge in [-0.3, -0.25) is 4.99 Å². The van der Waals surface area contributed by atoms with Crippen molar-refractivity contribution in [3.63, 3.8) is 0 Å². The highest BCUT2D eigenvalue weighted by molar-refractivity contribution is 7.27. The van der Waals surface area contributed by atoms with Crippen molar-refractivity contribution in [3.05, 3.63) is 198 Å². The van der Waals surface area contributed by atoms with Crippen molar-refractivity contribution in [1.29, 1.82) is 0 Å². The molecule has 1 aliphatic carbocycles. The number of nitrogens with zero attached hydrogens (tertiary/aromatic N) is 2. The predicted octanol–water partition coefficient (Wildman–Crippen LogP) is 13.7. The number of aliphatic imine (C=N–C) groups is 1. The fourth-order valence-electron chi connectivity index (χ4n) is 9.55. The Labute approximate surface area is 328 Å². The summed E-state index contributed by atoms with van der Waals surface area (Å²) < 4.78 is 5.13. The second kappa shape index (κ2) is 11.9. The summed E-state index contributed by atoms with van der Waals surface area (Å²) in [4.78, 5) is 5.68. The minimum atomic E-state index is -0.726. The summed E-state index contributed by atoms with van der Waals surface area (Å²) in [6, 6.07) is 55.4. The van der Waals surface area contributed by atoms with Crippen LogP contribution in [0.5, 0.6) is 0 Å². The molecule has 3 nitrogen and oxygen atoms in total. The topological polar surface area (TPSA) is 29.3 Å². The molecule has 56 heavy (non-hydrogen) atoms. The van der Waals surface area contributed by atoms with Gasteiger partial charge in [0, 0.05) is 48.4 Å². The molecule has 1 N–H and O–H groups in total. The van der Waals surface area contributed by atoms with E-state index in [2.05, 4.69) is 193 Å². The average molecular weight is 734 g/mol. The van der Waals surface area contributed by atoms with Crippen molar-refractivity contribution in [2.75, 3.05) is 5.32 Å². The molecule has 0 radical (unpaired) electrons. The number of allylic oxidation sites excluding steroid dienone is 3. The molecule has 264 valence electrons. The van der Waals surface area contributed by atoms with Crippen LogP contribution >= 0.6 is 11.3 Å². The Morgan fingerprint density at radius 2 is 1.29 bits per heavy atom. The van der Waals surface area contributed by atoms with Crippen molar-refractivity contribution in [2.45, 2.75) is 19.0 Å². The molecule has 0 bridgehead atoms. The van der Waals surface area contributed by atoms with Crippen LogP contribution in [0.4, 0.5) is 5.69 Å². The minimum absolute atomic E-state index is 0.726. The van der Waals surface area contributed by atoms with Crippen LogP contribution in [-0.4, -0.2) is 10.3 Å². The Bertz CT molecular complexity index is 3360. The molecular formula is C52H35N3S. The van der Waals surface area contributed by atoms with Gasteiger partial charge < -0.3 is 9.88 Å². The van der Waals surface area contributed by atoms with Gasteiger partial charge in [0.05, 0.1) is 27.1 Å². The summed E-state index contributed by atoms with van der Waals surface area (Å²) in [5.74, 6) is 0. The van der Waals surface area contributed by atoms with Crippen LogP contribution in [-0.2, 0) is 12.1 Å².